The average Bonchev–Trinajstić information content (AvgIpc) is 2.44. The molecule has 0 heterocycles. The maximum Gasteiger partial charge on any atom is 0.262 e. The van der Waals surface area contributed by atoms with Gasteiger partial charge in [0.1, 0.15) is 11.3 Å². The van der Waals surface area contributed by atoms with Crippen LogP contribution in [-0.4, -0.2) is 17.6 Å². The van der Waals surface area contributed by atoms with Crippen LogP contribution < -0.4 is 10.1 Å². The van der Waals surface area contributed by atoms with E-state index in [0.717, 1.165) is 0 Å². The van der Waals surface area contributed by atoms with E-state index in [0.29, 0.717) is 5.02 Å². The molecule has 120 valence electrons. The van der Waals surface area contributed by atoms with Gasteiger partial charge in [0.2, 0.25) is 0 Å². The minimum atomic E-state index is -0.976. The summed E-state index contributed by atoms with van der Waals surface area (Å²) in [6, 6.07) is 4.99. The molecule has 0 aliphatic carbocycles. The van der Waals surface area contributed by atoms with Crippen molar-refractivity contribution in [3.05, 3.63) is 27.2 Å². The summed E-state index contributed by atoms with van der Waals surface area (Å²) in [6.07, 6.45) is -0.846. The van der Waals surface area contributed by atoms with Gasteiger partial charge in [-0.25, -0.2) is 0 Å². The fraction of sp³-hybridized carbons (Fsp3) is 0.467. The number of nitrogens with one attached hydrogen (secondary N) is 1. The Morgan fingerprint density at radius 3 is 2.27 bits per heavy atom. The van der Waals surface area contributed by atoms with Crippen molar-refractivity contribution >= 4 is 40.7 Å². The summed E-state index contributed by atoms with van der Waals surface area (Å²) in [7, 11) is 0. The predicted octanol–water partition coefficient (Wildman–Crippen LogP) is 4.47. The highest BCUT2D eigenvalue weighted by atomic mass is 35.5. The van der Waals surface area contributed by atoms with E-state index in [1.54, 1.807) is 13.8 Å². The van der Waals surface area contributed by atoms with Gasteiger partial charge < -0.3 is 10.1 Å². The zero-order valence-electron chi connectivity index (χ0n) is 12.7. The van der Waals surface area contributed by atoms with Crippen LogP contribution in [0.1, 0.15) is 27.7 Å². The van der Waals surface area contributed by atoms with Crippen LogP contribution in [0.2, 0.25) is 15.1 Å². The Morgan fingerprint density at radius 2 is 1.77 bits per heavy atom. The fourth-order valence-electron chi connectivity index (χ4n) is 1.50. The Kier molecular flexibility index (Phi) is 6.37. The average molecular weight is 364 g/mol. The van der Waals surface area contributed by atoms with Crippen LogP contribution in [-0.2, 0) is 4.79 Å². The number of carbonyl (C=O) groups excluding carboxylic acids is 1. The van der Waals surface area contributed by atoms with Gasteiger partial charge in [-0.3, -0.25) is 4.79 Å². The lowest BCUT2D eigenvalue weighted by Crippen LogP contribution is -2.52. The summed E-state index contributed by atoms with van der Waals surface area (Å²) >= 11 is 17.8. The molecule has 1 aromatic rings. The van der Waals surface area contributed by atoms with E-state index in [2.05, 4.69) is 11.4 Å². The smallest absolute Gasteiger partial charge is 0.262 e. The van der Waals surface area contributed by atoms with E-state index in [1.807, 2.05) is 13.8 Å². The summed E-state index contributed by atoms with van der Waals surface area (Å²) in [6.45, 7) is 6.93. The van der Waals surface area contributed by atoms with Crippen LogP contribution in [0.5, 0.6) is 5.75 Å². The first-order valence-electron chi connectivity index (χ1n) is 6.65. The molecular weight excluding hydrogens is 347 g/mol. The van der Waals surface area contributed by atoms with Gasteiger partial charge in [0.05, 0.1) is 21.1 Å². The molecule has 0 aromatic heterocycles. The van der Waals surface area contributed by atoms with E-state index in [1.165, 1.54) is 12.1 Å². The number of ether oxygens (including phenoxy) is 1. The molecule has 0 aliphatic rings. The van der Waals surface area contributed by atoms with E-state index in [-0.39, 0.29) is 21.7 Å². The fourth-order valence-corrected chi connectivity index (χ4v) is 2.08. The quantitative estimate of drug-likeness (QED) is 0.785. The second-order valence-corrected chi connectivity index (χ2v) is 6.64. The molecule has 1 aromatic carbocycles. The zero-order chi connectivity index (χ0) is 17.1. The first-order chi connectivity index (χ1) is 10.1. The molecule has 22 heavy (non-hydrogen) atoms. The zero-order valence-corrected chi connectivity index (χ0v) is 15.0. The molecule has 2 atom stereocenters. The SMILES string of the molecule is CC(Oc1cc(Cl)c(Cl)cc1Cl)C(=O)NC(C)(C#N)C(C)C. The maximum absolute atomic E-state index is 12.2. The molecular formula is C15H17Cl3N2O2. The molecule has 0 bridgehead atoms. The van der Waals surface area contributed by atoms with Gasteiger partial charge in [-0.2, -0.15) is 5.26 Å². The number of amides is 1. The van der Waals surface area contributed by atoms with Crippen molar-refractivity contribution in [2.75, 3.05) is 0 Å². The highest BCUT2D eigenvalue weighted by Gasteiger charge is 2.32. The van der Waals surface area contributed by atoms with Gasteiger partial charge in [-0.15, -0.1) is 0 Å². The van der Waals surface area contributed by atoms with Crippen LogP contribution in [0.4, 0.5) is 0 Å². The van der Waals surface area contributed by atoms with E-state index in [9.17, 15) is 10.1 Å². The third-order valence-electron chi connectivity index (χ3n) is 3.42. The van der Waals surface area contributed by atoms with Crippen molar-refractivity contribution in [1.82, 2.24) is 5.32 Å². The molecule has 4 nitrogen and oxygen atoms in total. The lowest BCUT2D eigenvalue weighted by molar-refractivity contribution is -0.128. The highest BCUT2D eigenvalue weighted by Crippen LogP contribution is 2.34. The molecule has 7 heteroatoms. The van der Waals surface area contributed by atoms with Gasteiger partial charge in [-0.1, -0.05) is 48.7 Å². The summed E-state index contributed by atoms with van der Waals surface area (Å²) < 4.78 is 5.52. The molecule has 0 saturated heterocycles. The molecule has 0 spiro atoms. The van der Waals surface area contributed by atoms with Crippen molar-refractivity contribution in [2.24, 2.45) is 5.92 Å². The van der Waals surface area contributed by atoms with Crippen LogP contribution >= 0.6 is 34.8 Å². The molecule has 0 fully saturated rings. The molecule has 0 aliphatic heterocycles. The minimum absolute atomic E-state index is 0.0535. The third-order valence-corrected chi connectivity index (χ3v) is 4.44. The monoisotopic (exact) mass is 362 g/mol. The lowest BCUT2D eigenvalue weighted by Gasteiger charge is -2.29. The summed E-state index contributed by atoms with van der Waals surface area (Å²) in [4.78, 5) is 12.2. The van der Waals surface area contributed by atoms with Gasteiger partial charge in [0, 0.05) is 6.07 Å². The van der Waals surface area contributed by atoms with Crippen molar-refractivity contribution in [1.29, 1.82) is 5.26 Å². The largest absolute Gasteiger partial charge is 0.479 e. The summed E-state index contributed by atoms with van der Waals surface area (Å²) in [5.41, 5.74) is -0.976. The number of halogens is 3. The van der Waals surface area contributed by atoms with Gasteiger partial charge in [0.25, 0.3) is 5.91 Å². The molecule has 1 N–H and O–H groups in total. The predicted molar refractivity (Wildman–Crippen MR) is 88.6 cm³/mol. The molecule has 1 rings (SSSR count). The Hall–Kier alpha value is -1.15. The van der Waals surface area contributed by atoms with E-state index < -0.39 is 17.6 Å². The van der Waals surface area contributed by atoms with Crippen LogP contribution in [0.15, 0.2) is 12.1 Å². The number of nitriles is 1. The molecule has 1 amide bonds. The Labute approximate surface area is 145 Å². The molecule has 2 unspecified atom stereocenters. The van der Waals surface area contributed by atoms with Crippen molar-refractivity contribution in [2.45, 2.75) is 39.3 Å². The molecule has 0 saturated carbocycles. The number of hydrogen-bond acceptors (Lipinski definition) is 3. The van der Waals surface area contributed by atoms with E-state index >= 15 is 0 Å². The van der Waals surface area contributed by atoms with Gasteiger partial charge in [0.15, 0.2) is 6.10 Å². The Balaban J connectivity index is 2.86. The van der Waals surface area contributed by atoms with Crippen molar-refractivity contribution in [3.63, 3.8) is 0 Å². The van der Waals surface area contributed by atoms with Gasteiger partial charge in [-0.05, 0) is 25.8 Å². The summed E-state index contributed by atoms with van der Waals surface area (Å²) in [5.74, 6) is -0.218. The number of rotatable bonds is 5. The highest BCUT2D eigenvalue weighted by molar-refractivity contribution is 6.43. The van der Waals surface area contributed by atoms with Crippen LogP contribution in [0.3, 0.4) is 0 Å². The normalized spacial score (nSPS) is 14.9. The van der Waals surface area contributed by atoms with Crippen molar-refractivity contribution in [3.8, 4) is 11.8 Å². The Morgan fingerprint density at radius 1 is 1.23 bits per heavy atom. The standard InChI is InChI=1S/C15H17Cl3N2O2/c1-8(2)15(4,7-19)20-14(21)9(3)22-13-6-11(17)10(16)5-12(13)18/h5-6,8-9H,1-4H3,(H,20,21). The summed E-state index contributed by atoms with van der Waals surface area (Å²) in [5, 5.41) is 12.7. The topological polar surface area (TPSA) is 62.1 Å². The maximum atomic E-state index is 12.2. The number of carbonyl (C=O) groups is 1. The Bertz CT molecular complexity index is 614. The van der Waals surface area contributed by atoms with Gasteiger partial charge >= 0.3 is 0 Å². The number of nitrogens with zero attached hydrogens (tertiary/aromatic N) is 1. The first-order valence-corrected chi connectivity index (χ1v) is 7.78. The van der Waals surface area contributed by atoms with Crippen molar-refractivity contribution < 1.29 is 9.53 Å². The molecule has 0 radical (unpaired) electrons. The first kappa shape index (κ1) is 18.9. The second-order valence-electron chi connectivity index (χ2n) is 5.41. The van der Waals surface area contributed by atoms with E-state index in [4.69, 9.17) is 39.5 Å². The second kappa shape index (κ2) is 7.41. The lowest BCUT2D eigenvalue weighted by atomic mass is 9.90. The number of benzene rings is 1. The number of hydrogen-bond donors (Lipinski definition) is 1. The third kappa shape index (κ3) is 4.42. The minimum Gasteiger partial charge on any atom is -0.479 e. The van der Waals surface area contributed by atoms with Crippen LogP contribution in [0, 0.1) is 17.2 Å². The van der Waals surface area contributed by atoms with Crippen LogP contribution in [0.25, 0.3) is 0 Å².